The third-order valence-electron chi connectivity index (χ3n) is 4.90. The summed E-state index contributed by atoms with van der Waals surface area (Å²) in [5, 5.41) is 6.96. The number of hydrogen-bond donors (Lipinski definition) is 2. The third kappa shape index (κ3) is 3.92. The van der Waals surface area contributed by atoms with Gasteiger partial charge in [0.25, 0.3) is 0 Å². The Labute approximate surface area is 178 Å². The highest BCUT2D eigenvalue weighted by atomic mass is 35.5. The van der Waals surface area contributed by atoms with Gasteiger partial charge < -0.3 is 29.7 Å². The summed E-state index contributed by atoms with van der Waals surface area (Å²) in [6, 6.07) is 13.5. The highest BCUT2D eigenvalue weighted by molar-refractivity contribution is 6.33. The molecule has 0 amide bonds. The molecule has 0 bridgehead atoms. The van der Waals surface area contributed by atoms with Crippen LogP contribution in [0.4, 0.5) is 28.8 Å². The summed E-state index contributed by atoms with van der Waals surface area (Å²) < 4.78 is 16.4. The highest BCUT2D eigenvalue weighted by Gasteiger charge is 2.21. The Hall–Kier alpha value is -3.23. The van der Waals surface area contributed by atoms with Crippen molar-refractivity contribution >= 4 is 40.4 Å². The van der Waals surface area contributed by atoms with Crippen LogP contribution in [0.15, 0.2) is 48.7 Å². The molecular weight excluding hydrogens is 406 g/mol. The van der Waals surface area contributed by atoms with Crippen LogP contribution in [0.5, 0.6) is 11.5 Å². The standard InChI is InChI=1S/C21H20ClN5O3/c22-16-5-6-17-20(30-13-29-17)19(16)25-18-7-8-23-21(26-18)24-14-1-3-15(4-2-14)27-9-11-28-12-10-27/h1-8H,9-13H2,(H2,23,24,25,26). The Morgan fingerprint density at radius 1 is 0.933 bits per heavy atom. The van der Waals surface area contributed by atoms with Crippen LogP contribution in [0.1, 0.15) is 0 Å². The summed E-state index contributed by atoms with van der Waals surface area (Å²) in [5.41, 5.74) is 2.70. The van der Waals surface area contributed by atoms with E-state index >= 15 is 0 Å². The van der Waals surface area contributed by atoms with E-state index in [0.29, 0.717) is 34.0 Å². The Kier molecular flexibility index (Phi) is 5.17. The van der Waals surface area contributed by atoms with Crippen molar-refractivity contribution in [3.05, 3.63) is 53.7 Å². The van der Waals surface area contributed by atoms with Crippen LogP contribution in [0.25, 0.3) is 0 Å². The van der Waals surface area contributed by atoms with Gasteiger partial charge in [0, 0.05) is 30.7 Å². The number of anilines is 5. The minimum atomic E-state index is 0.168. The predicted molar refractivity (Wildman–Crippen MR) is 116 cm³/mol. The van der Waals surface area contributed by atoms with Gasteiger partial charge in [0.1, 0.15) is 11.5 Å². The van der Waals surface area contributed by atoms with Crippen molar-refractivity contribution in [1.82, 2.24) is 9.97 Å². The molecular formula is C21H20ClN5O3. The molecule has 2 aromatic carbocycles. The Balaban J connectivity index is 1.30. The molecule has 1 aromatic heterocycles. The molecule has 0 atom stereocenters. The number of morpholine rings is 1. The minimum absolute atomic E-state index is 0.168. The topological polar surface area (TPSA) is 80.8 Å². The summed E-state index contributed by atoms with van der Waals surface area (Å²) in [4.78, 5) is 11.1. The number of aromatic nitrogens is 2. The van der Waals surface area contributed by atoms with Crippen molar-refractivity contribution in [2.24, 2.45) is 0 Å². The molecule has 0 aliphatic carbocycles. The van der Waals surface area contributed by atoms with Gasteiger partial charge in [0.15, 0.2) is 11.5 Å². The lowest BCUT2D eigenvalue weighted by Gasteiger charge is -2.28. The van der Waals surface area contributed by atoms with Crippen LogP contribution in [0, 0.1) is 0 Å². The molecule has 0 saturated carbocycles. The van der Waals surface area contributed by atoms with E-state index in [1.54, 1.807) is 24.4 Å². The first-order valence-electron chi connectivity index (χ1n) is 9.64. The molecule has 2 N–H and O–H groups in total. The number of hydrogen-bond acceptors (Lipinski definition) is 8. The van der Waals surface area contributed by atoms with Gasteiger partial charge in [-0.2, -0.15) is 4.98 Å². The largest absolute Gasteiger partial charge is 0.454 e. The fourth-order valence-electron chi connectivity index (χ4n) is 3.39. The Morgan fingerprint density at radius 3 is 2.60 bits per heavy atom. The van der Waals surface area contributed by atoms with Gasteiger partial charge in [0.05, 0.1) is 18.2 Å². The van der Waals surface area contributed by atoms with Gasteiger partial charge in [-0.05, 0) is 42.5 Å². The molecule has 0 unspecified atom stereocenters. The second-order valence-corrected chi connectivity index (χ2v) is 7.23. The number of nitrogens with one attached hydrogen (secondary N) is 2. The summed E-state index contributed by atoms with van der Waals surface area (Å²) in [6.45, 7) is 3.51. The van der Waals surface area contributed by atoms with E-state index in [0.717, 1.165) is 32.0 Å². The van der Waals surface area contributed by atoms with E-state index in [2.05, 4.69) is 37.6 Å². The maximum atomic E-state index is 6.34. The van der Waals surface area contributed by atoms with E-state index < -0.39 is 0 Å². The molecule has 5 rings (SSSR count). The second kappa shape index (κ2) is 8.25. The maximum absolute atomic E-state index is 6.34. The number of ether oxygens (including phenoxy) is 3. The normalized spacial score (nSPS) is 15.2. The zero-order chi connectivity index (χ0) is 20.3. The molecule has 0 spiro atoms. The zero-order valence-corrected chi connectivity index (χ0v) is 16.9. The number of rotatable bonds is 5. The zero-order valence-electron chi connectivity index (χ0n) is 16.1. The molecule has 1 fully saturated rings. The lowest BCUT2D eigenvalue weighted by Crippen LogP contribution is -2.36. The van der Waals surface area contributed by atoms with Crippen LogP contribution >= 0.6 is 11.6 Å². The van der Waals surface area contributed by atoms with E-state index in [9.17, 15) is 0 Å². The summed E-state index contributed by atoms with van der Waals surface area (Å²) >= 11 is 6.34. The molecule has 3 aromatic rings. The predicted octanol–water partition coefficient (Wildman–Crippen LogP) is 4.18. The van der Waals surface area contributed by atoms with Gasteiger partial charge in [-0.1, -0.05) is 11.6 Å². The monoisotopic (exact) mass is 425 g/mol. The van der Waals surface area contributed by atoms with Gasteiger partial charge >= 0.3 is 0 Å². The van der Waals surface area contributed by atoms with Gasteiger partial charge in [-0.3, -0.25) is 0 Å². The van der Waals surface area contributed by atoms with Crippen LogP contribution in [0.2, 0.25) is 5.02 Å². The smallest absolute Gasteiger partial charge is 0.231 e. The number of benzene rings is 2. The SMILES string of the molecule is Clc1ccc2c(c1Nc1ccnc(Nc3ccc(N4CCOCC4)cc3)n1)OCO2. The third-order valence-corrected chi connectivity index (χ3v) is 5.21. The van der Waals surface area contributed by atoms with Crippen molar-refractivity contribution < 1.29 is 14.2 Å². The lowest BCUT2D eigenvalue weighted by atomic mass is 10.2. The molecule has 2 aliphatic heterocycles. The first-order valence-corrected chi connectivity index (χ1v) is 10.0. The molecule has 0 radical (unpaired) electrons. The quantitative estimate of drug-likeness (QED) is 0.630. The first-order chi connectivity index (χ1) is 14.8. The molecule has 30 heavy (non-hydrogen) atoms. The van der Waals surface area contributed by atoms with Crippen LogP contribution in [-0.2, 0) is 4.74 Å². The number of nitrogens with zero attached hydrogens (tertiary/aromatic N) is 3. The van der Waals surface area contributed by atoms with Crippen molar-refractivity contribution in [3.63, 3.8) is 0 Å². The second-order valence-electron chi connectivity index (χ2n) is 6.82. The van der Waals surface area contributed by atoms with Crippen LogP contribution in [0.3, 0.4) is 0 Å². The highest BCUT2D eigenvalue weighted by Crippen LogP contribution is 2.44. The maximum Gasteiger partial charge on any atom is 0.231 e. The van der Waals surface area contributed by atoms with Crippen molar-refractivity contribution in [1.29, 1.82) is 0 Å². The number of halogens is 1. The van der Waals surface area contributed by atoms with E-state index in [4.69, 9.17) is 25.8 Å². The van der Waals surface area contributed by atoms with Crippen LogP contribution in [-0.4, -0.2) is 43.1 Å². The van der Waals surface area contributed by atoms with Gasteiger partial charge in [-0.15, -0.1) is 0 Å². The molecule has 3 heterocycles. The molecule has 1 saturated heterocycles. The summed E-state index contributed by atoms with van der Waals surface area (Å²) in [7, 11) is 0. The van der Waals surface area contributed by atoms with Gasteiger partial charge in [-0.25, -0.2) is 4.98 Å². The average Bonchev–Trinajstić information content (AvgIpc) is 3.26. The van der Waals surface area contributed by atoms with E-state index in [1.165, 1.54) is 5.69 Å². The van der Waals surface area contributed by atoms with Crippen LogP contribution < -0.4 is 25.0 Å². The fraction of sp³-hybridized carbons (Fsp3) is 0.238. The minimum Gasteiger partial charge on any atom is -0.454 e. The number of fused-ring (bicyclic) bond motifs is 1. The van der Waals surface area contributed by atoms with E-state index in [1.807, 2.05) is 12.1 Å². The molecule has 8 nitrogen and oxygen atoms in total. The molecule has 9 heteroatoms. The summed E-state index contributed by atoms with van der Waals surface area (Å²) in [6.07, 6.45) is 1.67. The van der Waals surface area contributed by atoms with Crippen molar-refractivity contribution in [2.45, 2.75) is 0 Å². The van der Waals surface area contributed by atoms with Crippen molar-refractivity contribution in [3.8, 4) is 11.5 Å². The average molecular weight is 426 g/mol. The molecule has 2 aliphatic rings. The van der Waals surface area contributed by atoms with Gasteiger partial charge in [0.2, 0.25) is 12.7 Å². The van der Waals surface area contributed by atoms with Crippen molar-refractivity contribution in [2.75, 3.05) is 48.6 Å². The fourth-order valence-corrected chi connectivity index (χ4v) is 3.58. The Morgan fingerprint density at radius 2 is 1.77 bits per heavy atom. The molecule has 154 valence electrons. The lowest BCUT2D eigenvalue weighted by molar-refractivity contribution is 0.122. The van der Waals surface area contributed by atoms with E-state index in [-0.39, 0.29) is 6.79 Å². The first kappa shape index (κ1) is 18.8. The Bertz CT molecular complexity index is 1040. The summed E-state index contributed by atoms with van der Waals surface area (Å²) in [5.74, 6) is 2.28.